The Morgan fingerprint density at radius 1 is 1.25 bits per heavy atom. The number of aromatic nitrogens is 3. The van der Waals surface area contributed by atoms with E-state index in [-0.39, 0.29) is 0 Å². The first-order valence-corrected chi connectivity index (χ1v) is 7.52. The third-order valence-corrected chi connectivity index (χ3v) is 3.75. The van der Waals surface area contributed by atoms with Crippen molar-refractivity contribution in [1.29, 1.82) is 0 Å². The summed E-state index contributed by atoms with van der Waals surface area (Å²) in [5.41, 5.74) is 1.24. The van der Waals surface area contributed by atoms with Gasteiger partial charge >= 0.3 is 0 Å². The molecule has 0 atom stereocenters. The minimum absolute atomic E-state index is 0.647. The summed E-state index contributed by atoms with van der Waals surface area (Å²) < 4.78 is 7.74. The second-order valence-electron chi connectivity index (χ2n) is 4.44. The number of nitrogens with zero attached hydrogens (tertiary/aromatic N) is 3. The van der Waals surface area contributed by atoms with Crippen LogP contribution < -0.4 is 4.74 Å². The maximum absolute atomic E-state index is 5.69. The van der Waals surface area contributed by atoms with Crippen molar-refractivity contribution in [2.75, 3.05) is 12.4 Å². The predicted octanol–water partition coefficient (Wildman–Crippen LogP) is 3.25. The molecule has 1 heterocycles. The fraction of sp³-hybridized carbons (Fsp3) is 0.333. The first-order valence-electron chi connectivity index (χ1n) is 6.53. The van der Waals surface area contributed by atoms with E-state index in [2.05, 4.69) is 23.7 Å². The molecule has 0 spiro atoms. The zero-order chi connectivity index (χ0) is 14.4. The molecule has 106 valence electrons. The van der Waals surface area contributed by atoms with Gasteiger partial charge in [-0.2, -0.15) is 0 Å². The third-order valence-electron chi connectivity index (χ3n) is 2.82. The maximum Gasteiger partial charge on any atom is 0.191 e. The number of benzene rings is 1. The number of thioether (sulfide) groups is 1. The zero-order valence-electron chi connectivity index (χ0n) is 11.9. The predicted molar refractivity (Wildman–Crippen MR) is 82.4 cm³/mol. The fourth-order valence-electron chi connectivity index (χ4n) is 1.73. The Morgan fingerprint density at radius 3 is 2.70 bits per heavy atom. The highest BCUT2D eigenvalue weighted by molar-refractivity contribution is 7.99. The van der Waals surface area contributed by atoms with Gasteiger partial charge in [-0.05, 0) is 26.0 Å². The first kappa shape index (κ1) is 14.7. The Morgan fingerprint density at radius 2 is 2.00 bits per heavy atom. The number of allylic oxidation sites excluding steroid dienone is 1. The molecule has 5 heteroatoms. The Bertz CT molecular complexity index is 563. The number of rotatable bonds is 7. The average Bonchev–Trinajstić information content (AvgIpc) is 2.79. The van der Waals surface area contributed by atoms with Gasteiger partial charge in [0.2, 0.25) is 0 Å². The molecule has 0 saturated heterocycles. The summed E-state index contributed by atoms with van der Waals surface area (Å²) in [5, 5.41) is 9.16. The highest BCUT2D eigenvalue weighted by Gasteiger charge is 2.07. The van der Waals surface area contributed by atoms with Crippen LogP contribution in [0.1, 0.15) is 11.4 Å². The average molecular weight is 289 g/mol. The molecule has 0 aliphatic heterocycles. The Labute approximate surface area is 123 Å². The van der Waals surface area contributed by atoms with Crippen LogP contribution in [0.4, 0.5) is 0 Å². The molecule has 0 unspecified atom stereocenters. The second-order valence-corrected chi connectivity index (χ2v) is 5.50. The van der Waals surface area contributed by atoms with Gasteiger partial charge in [0, 0.05) is 12.3 Å². The molecular formula is C15H19N3OS. The van der Waals surface area contributed by atoms with Gasteiger partial charge in [-0.3, -0.25) is 0 Å². The van der Waals surface area contributed by atoms with Gasteiger partial charge < -0.3 is 9.30 Å². The van der Waals surface area contributed by atoms with E-state index in [0.29, 0.717) is 6.61 Å². The van der Waals surface area contributed by atoms with Crippen molar-refractivity contribution in [3.05, 3.63) is 48.3 Å². The summed E-state index contributed by atoms with van der Waals surface area (Å²) in [7, 11) is 0. The SMILES string of the molecule is C=CCn1c(C)nnc1SCCOc1ccc(C)cc1. The molecular weight excluding hydrogens is 270 g/mol. The smallest absolute Gasteiger partial charge is 0.191 e. The molecule has 0 aliphatic rings. The lowest BCUT2D eigenvalue weighted by molar-refractivity contribution is 0.343. The molecule has 0 saturated carbocycles. The van der Waals surface area contributed by atoms with Gasteiger partial charge in [0.25, 0.3) is 0 Å². The monoisotopic (exact) mass is 289 g/mol. The van der Waals surface area contributed by atoms with Crippen LogP contribution in [0.5, 0.6) is 5.75 Å². The van der Waals surface area contributed by atoms with Crippen LogP contribution >= 0.6 is 11.8 Å². The van der Waals surface area contributed by atoms with E-state index >= 15 is 0 Å². The van der Waals surface area contributed by atoms with Crippen LogP contribution in [0, 0.1) is 13.8 Å². The van der Waals surface area contributed by atoms with Crippen molar-refractivity contribution in [2.24, 2.45) is 0 Å². The standard InChI is InChI=1S/C15H19N3OS/c1-4-9-18-13(3)16-17-15(18)20-11-10-19-14-7-5-12(2)6-8-14/h4-8H,1,9-11H2,2-3H3. The fourth-order valence-corrected chi connectivity index (χ4v) is 2.54. The molecule has 2 aromatic rings. The topological polar surface area (TPSA) is 39.9 Å². The van der Waals surface area contributed by atoms with Gasteiger partial charge in [0.05, 0.1) is 6.61 Å². The van der Waals surface area contributed by atoms with Gasteiger partial charge in [0.15, 0.2) is 5.16 Å². The lowest BCUT2D eigenvalue weighted by Crippen LogP contribution is -2.04. The van der Waals surface area contributed by atoms with E-state index in [1.54, 1.807) is 11.8 Å². The van der Waals surface area contributed by atoms with Gasteiger partial charge in [-0.15, -0.1) is 16.8 Å². The summed E-state index contributed by atoms with van der Waals surface area (Å²) >= 11 is 1.65. The Kier molecular flexibility index (Phi) is 5.24. The van der Waals surface area contributed by atoms with E-state index in [0.717, 1.165) is 29.0 Å². The van der Waals surface area contributed by atoms with Crippen molar-refractivity contribution in [2.45, 2.75) is 25.5 Å². The van der Waals surface area contributed by atoms with E-state index in [1.165, 1.54) is 5.56 Å². The number of aryl methyl sites for hydroxylation is 2. The number of hydrogen-bond donors (Lipinski definition) is 0. The van der Waals surface area contributed by atoms with Crippen LogP contribution in [0.2, 0.25) is 0 Å². The largest absolute Gasteiger partial charge is 0.493 e. The number of hydrogen-bond acceptors (Lipinski definition) is 4. The van der Waals surface area contributed by atoms with Crippen molar-refractivity contribution >= 4 is 11.8 Å². The molecule has 0 radical (unpaired) electrons. The van der Waals surface area contributed by atoms with Crippen LogP contribution in [0.25, 0.3) is 0 Å². The van der Waals surface area contributed by atoms with Gasteiger partial charge in [0.1, 0.15) is 11.6 Å². The first-order chi connectivity index (χ1) is 9.70. The summed E-state index contributed by atoms with van der Waals surface area (Å²) in [6.07, 6.45) is 1.85. The molecule has 0 fully saturated rings. The minimum atomic E-state index is 0.647. The van der Waals surface area contributed by atoms with E-state index in [4.69, 9.17) is 4.74 Å². The highest BCUT2D eigenvalue weighted by Crippen LogP contribution is 2.17. The lowest BCUT2D eigenvalue weighted by Gasteiger charge is -2.07. The normalized spacial score (nSPS) is 10.5. The lowest BCUT2D eigenvalue weighted by atomic mass is 10.2. The highest BCUT2D eigenvalue weighted by atomic mass is 32.2. The number of ether oxygens (including phenoxy) is 1. The van der Waals surface area contributed by atoms with Crippen LogP contribution in [-0.2, 0) is 6.54 Å². The van der Waals surface area contributed by atoms with E-state index < -0.39 is 0 Å². The van der Waals surface area contributed by atoms with Gasteiger partial charge in [-0.1, -0.05) is 35.5 Å². The summed E-state index contributed by atoms with van der Waals surface area (Å²) in [5.74, 6) is 2.65. The van der Waals surface area contributed by atoms with Crippen LogP contribution in [-0.4, -0.2) is 27.1 Å². The minimum Gasteiger partial charge on any atom is -0.493 e. The Balaban J connectivity index is 1.81. The van der Waals surface area contributed by atoms with Crippen LogP contribution in [0.15, 0.2) is 42.1 Å². The maximum atomic E-state index is 5.69. The van der Waals surface area contributed by atoms with Crippen molar-refractivity contribution in [3.8, 4) is 5.75 Å². The molecule has 1 aromatic heterocycles. The van der Waals surface area contributed by atoms with Gasteiger partial charge in [-0.25, -0.2) is 0 Å². The Hall–Kier alpha value is -1.75. The molecule has 0 aliphatic carbocycles. The molecule has 0 N–H and O–H groups in total. The summed E-state index contributed by atoms with van der Waals surface area (Å²) in [6.45, 7) is 9.14. The van der Waals surface area contributed by atoms with Crippen molar-refractivity contribution < 1.29 is 4.74 Å². The van der Waals surface area contributed by atoms with Crippen molar-refractivity contribution in [3.63, 3.8) is 0 Å². The quantitative estimate of drug-likeness (QED) is 0.445. The second kappa shape index (κ2) is 7.14. The van der Waals surface area contributed by atoms with E-state index in [9.17, 15) is 0 Å². The molecule has 1 aromatic carbocycles. The molecule has 20 heavy (non-hydrogen) atoms. The van der Waals surface area contributed by atoms with Crippen molar-refractivity contribution in [1.82, 2.24) is 14.8 Å². The molecule has 0 bridgehead atoms. The third kappa shape index (κ3) is 3.87. The molecule has 4 nitrogen and oxygen atoms in total. The summed E-state index contributed by atoms with van der Waals surface area (Å²) in [4.78, 5) is 0. The van der Waals surface area contributed by atoms with E-state index in [1.807, 2.05) is 41.8 Å². The zero-order valence-corrected chi connectivity index (χ0v) is 12.7. The summed E-state index contributed by atoms with van der Waals surface area (Å²) in [6, 6.07) is 8.08. The molecule has 2 rings (SSSR count). The van der Waals surface area contributed by atoms with Crippen LogP contribution in [0.3, 0.4) is 0 Å². The molecule has 0 amide bonds.